The van der Waals surface area contributed by atoms with Crippen LogP contribution in [0.1, 0.15) is 0 Å². The first-order chi connectivity index (χ1) is 12.8. The summed E-state index contributed by atoms with van der Waals surface area (Å²) in [7, 11) is -3.62. The largest absolute Gasteiger partial charge is 0.471 e. The second kappa shape index (κ2) is 7.58. The third-order valence-corrected chi connectivity index (χ3v) is 4.26. The average molecular weight is 465 g/mol. The highest BCUT2D eigenvalue weighted by molar-refractivity contribution is 9.10. The quantitative estimate of drug-likeness (QED) is 0.369. The van der Waals surface area contributed by atoms with Crippen molar-refractivity contribution < 1.29 is 30.9 Å². The number of nitrogens with zero attached hydrogens (tertiary/aromatic N) is 4. The molecule has 3 rings (SSSR count). The minimum absolute atomic E-state index is 0.0827. The molecule has 0 aliphatic carbocycles. The van der Waals surface area contributed by atoms with Crippen molar-refractivity contribution in [1.82, 2.24) is 20.0 Å². The van der Waals surface area contributed by atoms with Crippen LogP contribution in [0.3, 0.4) is 0 Å². The van der Waals surface area contributed by atoms with E-state index in [1.807, 2.05) is 0 Å². The van der Waals surface area contributed by atoms with Gasteiger partial charge in [-0.05, 0) is 44.4 Å². The van der Waals surface area contributed by atoms with Crippen LogP contribution in [0.15, 0.2) is 36.6 Å². The molecule has 0 saturated carbocycles. The van der Waals surface area contributed by atoms with Crippen LogP contribution in [0.25, 0.3) is 17.2 Å². The molecule has 1 aromatic carbocycles. The number of halogens is 2. The van der Waals surface area contributed by atoms with Gasteiger partial charge in [0.15, 0.2) is 0 Å². The summed E-state index contributed by atoms with van der Waals surface area (Å²) in [6.45, 7) is -0.472. The molecule has 0 spiro atoms. The van der Waals surface area contributed by atoms with E-state index in [1.165, 1.54) is 12.1 Å². The van der Waals surface area contributed by atoms with Crippen molar-refractivity contribution in [3.63, 3.8) is 0 Å². The second-order valence-electron chi connectivity index (χ2n) is 5.00. The summed E-state index contributed by atoms with van der Waals surface area (Å²) in [4.78, 5) is 12.0. The van der Waals surface area contributed by atoms with Crippen LogP contribution < -0.4 is 10.5 Å². The van der Waals surface area contributed by atoms with Crippen molar-refractivity contribution in [3.8, 4) is 23.1 Å². The molecule has 3 aromatic rings. The Bertz CT molecular complexity index is 1120. The number of rotatable bonds is 7. The molecule has 0 radical (unpaired) electrons. The lowest BCUT2D eigenvalue weighted by atomic mass is 10.3. The molecule has 0 atom stereocenters. The second-order valence-corrected chi connectivity index (χ2v) is 7.50. The Morgan fingerprint density at radius 3 is 2.74 bits per heavy atom. The van der Waals surface area contributed by atoms with Crippen LogP contribution in [-0.2, 0) is 14.3 Å². The smallest absolute Gasteiger partial charge is 0.446 e. The molecule has 144 valence electrons. The Hall–Kier alpha value is -2.58. The highest BCUT2D eigenvalue weighted by Gasteiger charge is 2.24. The van der Waals surface area contributed by atoms with E-state index in [2.05, 4.69) is 44.7 Å². The number of ether oxygens (including phenoxy) is 1. The van der Waals surface area contributed by atoms with Crippen molar-refractivity contribution in [3.05, 3.63) is 39.0 Å². The number of benzene rings is 1. The molecule has 0 bridgehead atoms. The Morgan fingerprint density at radius 1 is 1.26 bits per heavy atom. The summed E-state index contributed by atoms with van der Waals surface area (Å²) in [5, 5.41) is 10.7. The monoisotopic (exact) mass is 464 g/mol. The van der Waals surface area contributed by atoms with Gasteiger partial charge in [-0.1, -0.05) is 5.16 Å². The summed E-state index contributed by atoms with van der Waals surface area (Å²) < 4.78 is 55.4. The van der Waals surface area contributed by atoms with Crippen molar-refractivity contribution in [2.45, 2.75) is 0 Å². The van der Waals surface area contributed by atoms with Gasteiger partial charge in [0.2, 0.25) is 11.5 Å². The molecule has 2 heterocycles. The SMILES string of the molecule is CS(=O)(=O)OCCOc1nonc1-c1noc(=O)n1-c1ccc(F)c(Br)c1. The lowest BCUT2D eigenvalue weighted by Gasteiger charge is -2.05. The molecule has 14 heteroatoms. The Labute approximate surface area is 158 Å². The maximum absolute atomic E-state index is 13.5. The van der Waals surface area contributed by atoms with Crippen molar-refractivity contribution in [2.24, 2.45) is 0 Å². The number of aromatic nitrogens is 4. The fourth-order valence-electron chi connectivity index (χ4n) is 1.99. The van der Waals surface area contributed by atoms with E-state index in [1.54, 1.807) is 0 Å². The minimum Gasteiger partial charge on any atom is -0.471 e. The zero-order chi connectivity index (χ0) is 19.6. The summed E-state index contributed by atoms with van der Waals surface area (Å²) in [6.07, 6.45) is 0.894. The highest BCUT2D eigenvalue weighted by atomic mass is 79.9. The molecular formula is C13H10BrFN4O7S. The predicted molar refractivity (Wildman–Crippen MR) is 89.3 cm³/mol. The summed E-state index contributed by atoms with van der Waals surface area (Å²) >= 11 is 3.03. The lowest BCUT2D eigenvalue weighted by Crippen LogP contribution is -2.14. The van der Waals surface area contributed by atoms with E-state index in [9.17, 15) is 17.6 Å². The number of hydrogen-bond acceptors (Lipinski definition) is 10. The maximum atomic E-state index is 13.5. The molecule has 0 aliphatic rings. The molecular weight excluding hydrogens is 455 g/mol. The summed E-state index contributed by atoms with van der Waals surface area (Å²) in [5.41, 5.74) is 0.152. The van der Waals surface area contributed by atoms with Crippen LogP contribution >= 0.6 is 15.9 Å². The number of hydrogen-bond donors (Lipinski definition) is 0. The van der Waals surface area contributed by atoms with Gasteiger partial charge in [-0.15, -0.1) is 0 Å². The van der Waals surface area contributed by atoms with Crippen LogP contribution in [0.5, 0.6) is 5.88 Å². The molecule has 0 fully saturated rings. The predicted octanol–water partition coefficient (Wildman–Crippen LogP) is 1.13. The fourth-order valence-corrected chi connectivity index (χ4v) is 2.72. The minimum atomic E-state index is -3.62. The van der Waals surface area contributed by atoms with E-state index in [4.69, 9.17) is 4.74 Å². The van der Waals surface area contributed by atoms with E-state index in [-0.39, 0.29) is 40.8 Å². The molecule has 2 aromatic heterocycles. The molecule has 0 amide bonds. The zero-order valence-electron chi connectivity index (χ0n) is 13.5. The van der Waals surface area contributed by atoms with Crippen LogP contribution in [0.2, 0.25) is 0 Å². The van der Waals surface area contributed by atoms with Gasteiger partial charge in [-0.3, -0.25) is 8.71 Å². The molecule has 0 saturated heterocycles. The molecule has 27 heavy (non-hydrogen) atoms. The lowest BCUT2D eigenvalue weighted by molar-refractivity contribution is 0.204. The molecule has 0 unspecified atom stereocenters. The van der Waals surface area contributed by atoms with Crippen molar-refractivity contribution in [1.29, 1.82) is 0 Å². The van der Waals surface area contributed by atoms with Crippen molar-refractivity contribution >= 4 is 26.0 Å². The van der Waals surface area contributed by atoms with Gasteiger partial charge in [0.05, 0.1) is 16.4 Å². The van der Waals surface area contributed by atoms with Gasteiger partial charge in [0.1, 0.15) is 19.0 Å². The fraction of sp³-hybridized carbons (Fsp3) is 0.231. The van der Waals surface area contributed by atoms with E-state index in [0.717, 1.165) is 16.9 Å². The Kier molecular flexibility index (Phi) is 5.38. The third-order valence-electron chi connectivity index (χ3n) is 3.06. The summed E-state index contributed by atoms with van der Waals surface area (Å²) in [6, 6.07) is 3.81. The molecule has 0 N–H and O–H groups in total. The topological polar surface area (TPSA) is 140 Å². The van der Waals surface area contributed by atoms with Gasteiger partial charge in [-0.25, -0.2) is 18.4 Å². The Morgan fingerprint density at radius 2 is 2.04 bits per heavy atom. The van der Waals surface area contributed by atoms with Crippen molar-refractivity contribution in [2.75, 3.05) is 19.5 Å². The first-order valence-electron chi connectivity index (χ1n) is 7.10. The molecule has 0 aliphatic heterocycles. The van der Waals surface area contributed by atoms with Gasteiger partial charge >= 0.3 is 5.76 Å². The van der Waals surface area contributed by atoms with E-state index >= 15 is 0 Å². The third kappa shape index (κ3) is 4.40. The first kappa shape index (κ1) is 19.2. The zero-order valence-corrected chi connectivity index (χ0v) is 15.9. The average Bonchev–Trinajstić information content (AvgIpc) is 3.19. The van der Waals surface area contributed by atoms with Crippen LogP contribution in [0, 0.1) is 5.82 Å². The van der Waals surface area contributed by atoms with Gasteiger partial charge in [0, 0.05) is 0 Å². The highest BCUT2D eigenvalue weighted by Crippen LogP contribution is 2.27. The first-order valence-corrected chi connectivity index (χ1v) is 9.71. The standard InChI is InChI=1S/C13H10BrFN4O7S/c1-27(21,22)24-5-4-23-12-10(16-26-18-12)11-17-25-13(20)19(11)7-2-3-9(15)8(14)6-7/h2-3,6H,4-5H2,1H3. The van der Waals surface area contributed by atoms with Crippen LogP contribution in [0.4, 0.5) is 4.39 Å². The maximum Gasteiger partial charge on any atom is 0.446 e. The normalized spacial score (nSPS) is 11.7. The Balaban J connectivity index is 1.89. The van der Waals surface area contributed by atoms with Gasteiger partial charge in [-0.2, -0.15) is 8.42 Å². The molecule has 11 nitrogen and oxygen atoms in total. The van der Waals surface area contributed by atoms with Gasteiger partial charge in [0.25, 0.3) is 16.0 Å². The van der Waals surface area contributed by atoms with Crippen LogP contribution in [-0.4, -0.2) is 47.9 Å². The van der Waals surface area contributed by atoms with E-state index < -0.39 is 21.7 Å². The van der Waals surface area contributed by atoms with E-state index in [0.29, 0.717) is 0 Å². The van der Waals surface area contributed by atoms with Gasteiger partial charge < -0.3 is 4.74 Å². The summed E-state index contributed by atoms with van der Waals surface area (Å²) in [5.74, 6) is -1.67.